The smallest absolute Gasteiger partial charge is 0.339 e. The van der Waals surface area contributed by atoms with Crippen LogP contribution in [0.5, 0.6) is 5.75 Å². The lowest BCUT2D eigenvalue weighted by atomic mass is 10.1. The average molecular weight is 280 g/mol. The van der Waals surface area contributed by atoms with Crippen LogP contribution in [0.4, 0.5) is 5.69 Å². The molecule has 21 heavy (non-hydrogen) atoms. The van der Waals surface area contributed by atoms with E-state index in [2.05, 4.69) is 23.9 Å². The fraction of sp³-hybridized carbons (Fsp3) is 0.316. The van der Waals surface area contributed by atoms with Crippen LogP contribution in [0, 0.1) is 6.57 Å². The number of unbranched alkanes of at least 4 members (excludes halogenated alkanes) is 3. The fourth-order valence-corrected chi connectivity index (χ4v) is 2.20. The van der Waals surface area contributed by atoms with Gasteiger partial charge in [0.1, 0.15) is 5.75 Å². The Morgan fingerprint density at radius 2 is 1.48 bits per heavy atom. The predicted octanol–water partition coefficient (Wildman–Crippen LogP) is 5.91. The molecule has 0 N–H and O–H groups in total. The minimum Gasteiger partial charge on any atom is -0.494 e. The first-order chi connectivity index (χ1) is 10.3. The molecule has 0 aromatic heterocycles. The van der Waals surface area contributed by atoms with Gasteiger partial charge in [-0.3, -0.25) is 0 Å². The number of rotatable bonds is 7. The summed E-state index contributed by atoms with van der Waals surface area (Å²) in [4.78, 5) is 3.65. The SMILES string of the molecule is C#[N+]c1ccc(-c2ccc(OCCCCCC)cc2)cc1. The molecule has 2 nitrogen and oxygen atoms in total. The Morgan fingerprint density at radius 1 is 0.857 bits per heavy atom. The number of nitrogens with zero attached hydrogens (tertiary/aromatic N) is 1. The molecule has 0 amide bonds. The first-order valence-corrected chi connectivity index (χ1v) is 7.57. The summed E-state index contributed by atoms with van der Waals surface area (Å²) in [5.74, 6) is 0.934. The van der Waals surface area contributed by atoms with Crippen molar-refractivity contribution in [2.75, 3.05) is 6.61 Å². The van der Waals surface area contributed by atoms with E-state index in [1.54, 1.807) is 0 Å². The lowest BCUT2D eigenvalue weighted by molar-refractivity contribution is 0.305. The molecule has 0 saturated heterocycles. The Kier molecular flexibility index (Phi) is 5.84. The van der Waals surface area contributed by atoms with Crippen LogP contribution in [0.1, 0.15) is 32.6 Å². The summed E-state index contributed by atoms with van der Waals surface area (Å²) in [6.07, 6.45) is 4.91. The van der Waals surface area contributed by atoms with Crippen LogP contribution in [0.15, 0.2) is 48.5 Å². The van der Waals surface area contributed by atoms with Crippen molar-refractivity contribution in [1.29, 1.82) is 0 Å². The highest BCUT2D eigenvalue weighted by atomic mass is 16.5. The molecule has 0 radical (unpaired) electrons. The van der Waals surface area contributed by atoms with E-state index >= 15 is 0 Å². The van der Waals surface area contributed by atoms with Gasteiger partial charge in [-0.05, 0) is 46.7 Å². The van der Waals surface area contributed by atoms with Gasteiger partial charge in [0.25, 0.3) is 6.57 Å². The molecule has 0 atom stereocenters. The quantitative estimate of drug-likeness (QED) is 0.575. The van der Waals surface area contributed by atoms with Gasteiger partial charge < -0.3 is 4.74 Å². The molecule has 0 aliphatic heterocycles. The van der Waals surface area contributed by atoms with Crippen molar-refractivity contribution < 1.29 is 4.74 Å². The molecule has 0 aliphatic rings. The number of benzene rings is 2. The number of hydrogen-bond acceptors (Lipinski definition) is 1. The summed E-state index contributed by atoms with van der Waals surface area (Å²) in [7, 11) is 0. The Labute approximate surface area is 127 Å². The predicted molar refractivity (Wildman–Crippen MR) is 89.5 cm³/mol. The van der Waals surface area contributed by atoms with Crippen molar-refractivity contribution in [1.82, 2.24) is 0 Å². The van der Waals surface area contributed by atoms with E-state index in [-0.39, 0.29) is 0 Å². The molecule has 2 rings (SSSR count). The van der Waals surface area contributed by atoms with Gasteiger partial charge in [-0.15, -0.1) is 0 Å². The maximum absolute atomic E-state index is 5.75. The van der Waals surface area contributed by atoms with Gasteiger partial charge in [-0.25, -0.2) is 0 Å². The molecule has 0 unspecified atom stereocenters. The van der Waals surface area contributed by atoms with Crippen LogP contribution >= 0.6 is 0 Å². The molecule has 108 valence electrons. The van der Waals surface area contributed by atoms with Crippen molar-refractivity contribution in [3.8, 4) is 23.4 Å². The zero-order chi connectivity index (χ0) is 14.9. The summed E-state index contributed by atoms with van der Waals surface area (Å²) in [6.45, 7) is 8.26. The van der Waals surface area contributed by atoms with Crippen LogP contribution in [0.25, 0.3) is 16.0 Å². The van der Waals surface area contributed by atoms with Crippen molar-refractivity contribution in [3.05, 3.63) is 53.4 Å². The molecule has 2 heteroatoms. The third-order valence-electron chi connectivity index (χ3n) is 3.47. The first-order valence-electron chi connectivity index (χ1n) is 7.57. The average Bonchev–Trinajstić information content (AvgIpc) is 2.55. The first kappa shape index (κ1) is 15.1. The molecular weight excluding hydrogens is 258 g/mol. The number of ether oxygens (including phenoxy) is 1. The van der Waals surface area contributed by atoms with Crippen molar-refractivity contribution in [2.45, 2.75) is 32.6 Å². The van der Waals surface area contributed by atoms with Crippen LogP contribution in [0.2, 0.25) is 0 Å². The minimum absolute atomic E-state index is 0.783. The van der Waals surface area contributed by atoms with Gasteiger partial charge >= 0.3 is 5.69 Å². The standard InChI is InChI=1S/C19H22NO/c1-3-4-5-6-15-21-19-13-9-17(10-14-19)16-7-11-18(20-2)12-8-16/h2,7-14H,3-6,15H2,1H3/q+1. The second kappa shape index (κ2) is 8.11. The Morgan fingerprint density at radius 3 is 2.05 bits per heavy atom. The normalized spacial score (nSPS) is 10.1. The number of hydrogen-bond donors (Lipinski definition) is 0. The third-order valence-corrected chi connectivity index (χ3v) is 3.47. The second-order valence-electron chi connectivity index (χ2n) is 5.11. The summed E-state index contributed by atoms with van der Waals surface area (Å²) in [5, 5.41) is 0. The molecular formula is C19H22NO+. The van der Waals surface area contributed by atoms with E-state index in [0.717, 1.165) is 35.6 Å². The van der Waals surface area contributed by atoms with Gasteiger partial charge in [-0.1, -0.05) is 38.3 Å². The topological polar surface area (TPSA) is 13.6 Å². The van der Waals surface area contributed by atoms with Gasteiger partial charge in [-0.2, -0.15) is 0 Å². The van der Waals surface area contributed by atoms with E-state index in [1.165, 1.54) is 19.3 Å². The second-order valence-corrected chi connectivity index (χ2v) is 5.11. The van der Waals surface area contributed by atoms with Crippen molar-refractivity contribution in [2.24, 2.45) is 0 Å². The third kappa shape index (κ3) is 4.65. The molecule has 0 fully saturated rings. The highest BCUT2D eigenvalue weighted by molar-refractivity contribution is 5.66. The van der Waals surface area contributed by atoms with Gasteiger partial charge in [0.15, 0.2) is 0 Å². The fourth-order valence-electron chi connectivity index (χ4n) is 2.20. The van der Waals surface area contributed by atoms with E-state index in [4.69, 9.17) is 11.3 Å². The summed E-state index contributed by atoms with van der Waals surface area (Å²) >= 11 is 0. The zero-order valence-corrected chi connectivity index (χ0v) is 12.6. The van der Waals surface area contributed by atoms with Gasteiger partial charge in [0, 0.05) is 12.1 Å². The summed E-state index contributed by atoms with van der Waals surface area (Å²) in [6, 6.07) is 16.1. The molecule has 0 heterocycles. The molecule has 0 saturated carbocycles. The van der Waals surface area contributed by atoms with E-state index in [1.807, 2.05) is 36.4 Å². The maximum Gasteiger partial charge on any atom is 0.339 e. The maximum atomic E-state index is 5.75. The van der Waals surface area contributed by atoms with Gasteiger partial charge in [0.2, 0.25) is 0 Å². The summed E-state index contributed by atoms with van der Waals surface area (Å²) < 4.78 is 5.75. The molecule has 0 aliphatic carbocycles. The van der Waals surface area contributed by atoms with Crippen molar-refractivity contribution >= 4 is 5.69 Å². The van der Waals surface area contributed by atoms with E-state index in [9.17, 15) is 0 Å². The summed E-state index contributed by atoms with van der Waals surface area (Å²) in [5.41, 5.74) is 3.10. The molecule has 0 bridgehead atoms. The minimum atomic E-state index is 0.783. The lowest BCUT2D eigenvalue weighted by Gasteiger charge is -2.07. The molecule has 0 spiro atoms. The van der Waals surface area contributed by atoms with E-state index in [0.29, 0.717) is 0 Å². The van der Waals surface area contributed by atoms with Crippen LogP contribution in [-0.2, 0) is 0 Å². The molecule has 2 aromatic carbocycles. The van der Waals surface area contributed by atoms with Crippen LogP contribution < -0.4 is 4.74 Å². The molecule has 2 aromatic rings. The highest BCUT2D eigenvalue weighted by Crippen LogP contribution is 2.24. The van der Waals surface area contributed by atoms with Crippen LogP contribution in [0.3, 0.4) is 0 Å². The van der Waals surface area contributed by atoms with Crippen molar-refractivity contribution in [3.63, 3.8) is 0 Å². The van der Waals surface area contributed by atoms with E-state index < -0.39 is 0 Å². The monoisotopic (exact) mass is 280 g/mol. The lowest BCUT2D eigenvalue weighted by Crippen LogP contribution is -1.96. The Hall–Kier alpha value is -2.27. The Bertz CT molecular complexity index is 578. The largest absolute Gasteiger partial charge is 0.494 e. The van der Waals surface area contributed by atoms with Gasteiger partial charge in [0.05, 0.1) is 6.61 Å². The zero-order valence-electron chi connectivity index (χ0n) is 12.6. The highest BCUT2D eigenvalue weighted by Gasteiger charge is 2.02. The Balaban J connectivity index is 1.90. The van der Waals surface area contributed by atoms with Crippen LogP contribution in [-0.4, -0.2) is 6.61 Å².